The second kappa shape index (κ2) is 34.6. The second-order valence-electron chi connectivity index (χ2n) is 29.7. The maximum absolute atomic E-state index is 15.4. The van der Waals surface area contributed by atoms with Crippen molar-refractivity contribution >= 4 is 92.3 Å². The fourth-order valence-corrected chi connectivity index (χ4v) is 16.3. The highest BCUT2D eigenvalue weighted by molar-refractivity contribution is 7.90. The number of fused-ring (bicyclic) bond motifs is 2. The molecule has 99 heavy (non-hydrogen) atoms. The molecule has 2 saturated carbocycles. The number of amides is 12. The summed E-state index contributed by atoms with van der Waals surface area (Å²) in [5, 5.41) is 7.35. The molecule has 0 aromatic carbocycles. The first-order valence-corrected chi connectivity index (χ1v) is 38.0. The normalized spacial score (nSPS) is 30.2. The summed E-state index contributed by atoms with van der Waals surface area (Å²) in [6.45, 7) is 12.1. The fourth-order valence-electron chi connectivity index (χ4n) is 15.1. The Labute approximate surface area is 587 Å². The van der Waals surface area contributed by atoms with E-state index in [2.05, 4.69) is 16.0 Å². The summed E-state index contributed by atoms with van der Waals surface area (Å²) >= 11 is 6.36. The number of likely N-dealkylation sites (tertiary alicyclic amines) is 1. The van der Waals surface area contributed by atoms with Crippen LogP contribution in [0.15, 0.2) is 0 Å². The lowest BCUT2D eigenvalue weighted by molar-refractivity contribution is -0.182. The fraction of sp³-hybridized carbons (Fsp3) is 0.824. The van der Waals surface area contributed by atoms with Gasteiger partial charge in [0.1, 0.15) is 69.8 Å². The van der Waals surface area contributed by atoms with Gasteiger partial charge in [0.05, 0.1) is 24.6 Å². The van der Waals surface area contributed by atoms with Crippen molar-refractivity contribution < 1.29 is 79.1 Å². The maximum Gasteiger partial charge on any atom is 0.393 e. The lowest BCUT2D eigenvalue weighted by Gasteiger charge is -2.45. The third-order valence-corrected chi connectivity index (χ3v) is 23.2. The number of hydrogen-bond acceptors (Lipinski definition) is 14. The Morgan fingerprint density at radius 1 is 0.646 bits per heavy atom. The molecule has 1 spiro atoms. The van der Waals surface area contributed by atoms with E-state index in [9.17, 15) is 64.7 Å². The molecule has 12 amide bonds. The summed E-state index contributed by atoms with van der Waals surface area (Å²) in [5.41, 5.74) is -1.60. The number of carbonyl (C=O) groups is 12. The first kappa shape index (κ1) is 81.6. The molecular weight excluding hydrogens is 1330 g/mol. The van der Waals surface area contributed by atoms with Crippen molar-refractivity contribution in [2.75, 3.05) is 87.0 Å². The maximum atomic E-state index is 15.4. The predicted molar refractivity (Wildman–Crippen MR) is 363 cm³/mol. The van der Waals surface area contributed by atoms with E-state index in [0.29, 0.717) is 51.6 Å². The van der Waals surface area contributed by atoms with Crippen LogP contribution >= 0.6 is 11.6 Å². The van der Waals surface area contributed by atoms with E-state index >= 15 is 14.4 Å². The molecule has 0 aromatic rings. The Balaban J connectivity index is 1.42. The predicted octanol–water partition coefficient (Wildman–Crippen LogP) is 3.56. The Morgan fingerprint density at radius 2 is 1.27 bits per heavy atom. The van der Waals surface area contributed by atoms with Gasteiger partial charge in [0, 0.05) is 80.1 Å². The molecule has 4 saturated heterocycles. The second-order valence-corrected chi connectivity index (χ2v) is 32.5. The van der Waals surface area contributed by atoms with Crippen LogP contribution in [-0.2, 0) is 67.4 Å². The lowest BCUT2D eigenvalue weighted by atomic mass is 9.78. The minimum absolute atomic E-state index is 0.0132. The zero-order valence-electron chi connectivity index (χ0n) is 60.5. The zero-order valence-corrected chi connectivity index (χ0v) is 62.1. The standard InChI is InChI=1S/C68H110ClF3N12O14S/c1-15-42(6)55-64(94)77(9)43(7)59(89)84-34-27-50(84)62(92)79(11)49(28-35-99(14,97)98)61(91)76(8)39-53(85)73-47(26-24-44-23-25-45(46(69)37-44)68(70,71)72)60(90)83-33-21-22-48(83)58(88)75-67(29-17-18-30-67)66(96)81(13)56(41(4)5)65(95)80(12)52(63(93)82-31-19-16-20-32-82)38-54(86)78(10)51(36-40(2)3)57(87)74-55/h40-52,55-56H,15-39H2,1-14H3,(H,73,85)(H,74,87)(H,75,88)/t42-,43-,44?,45?,46?,47-,48-,49-,50-,51-,52-,55-,56-/m0/s1. The van der Waals surface area contributed by atoms with Crippen LogP contribution < -0.4 is 16.0 Å². The highest BCUT2D eigenvalue weighted by atomic mass is 35.5. The highest BCUT2D eigenvalue weighted by Crippen LogP contribution is 2.44. The molecule has 4 heterocycles. The SMILES string of the molecule is CC[C@H](C)[C@@H]1NC(=O)[C@H](CC(C)C)N(C)C(=O)C[C@@H](C(=O)N2CCCCC2)N(C)C(=O)[C@H](C(C)C)N(C)C(=O)C2(CCCC2)NC(=O)[C@@H]2CCCN2C(=O)[C@H](CCC2CCC(C(F)(F)F)C(Cl)C2)NC(=O)CN(C)C(=O)[C@H](CCS(C)(=O)=O)N(C)C(=O)[C@@H]2CCN2C(=O)[C@H](C)N(C)C1=O. The molecule has 0 bridgehead atoms. The topological polar surface area (TPSA) is 304 Å². The number of halogens is 4. The van der Waals surface area contributed by atoms with E-state index in [1.807, 2.05) is 13.8 Å². The summed E-state index contributed by atoms with van der Waals surface area (Å²) in [6.07, 6.45) is -0.429. The van der Waals surface area contributed by atoms with Gasteiger partial charge in [-0.05, 0) is 127 Å². The van der Waals surface area contributed by atoms with Gasteiger partial charge in [0.15, 0.2) is 0 Å². The number of nitrogens with zero attached hydrogens (tertiary/aromatic N) is 9. The van der Waals surface area contributed by atoms with Gasteiger partial charge in [0.25, 0.3) is 0 Å². The summed E-state index contributed by atoms with van der Waals surface area (Å²) in [7, 11) is 4.31. The van der Waals surface area contributed by atoms with E-state index in [4.69, 9.17) is 11.6 Å². The van der Waals surface area contributed by atoms with Crippen LogP contribution in [0, 0.1) is 29.6 Å². The van der Waals surface area contributed by atoms with Crippen molar-refractivity contribution in [2.45, 2.75) is 242 Å². The molecule has 13 atom stereocenters. The summed E-state index contributed by atoms with van der Waals surface area (Å²) < 4.78 is 67.3. The van der Waals surface area contributed by atoms with Crippen LogP contribution in [0.4, 0.5) is 13.2 Å². The largest absolute Gasteiger partial charge is 0.393 e. The summed E-state index contributed by atoms with van der Waals surface area (Å²) in [5.74, 6) is -12.7. The van der Waals surface area contributed by atoms with Gasteiger partial charge in [-0.25, -0.2) is 8.42 Å². The van der Waals surface area contributed by atoms with E-state index in [1.165, 1.54) is 73.7 Å². The summed E-state index contributed by atoms with van der Waals surface area (Å²) in [4.78, 5) is 190. The highest BCUT2D eigenvalue weighted by Gasteiger charge is 2.52. The number of rotatable bonds is 12. The molecule has 2 aliphatic carbocycles. The third-order valence-electron chi connectivity index (χ3n) is 21.8. The molecular formula is C68H110ClF3N12O14S. The Kier molecular flexibility index (Phi) is 28.5. The number of nitrogens with one attached hydrogen (secondary N) is 3. The lowest BCUT2D eigenvalue weighted by Crippen LogP contribution is -2.65. The monoisotopic (exact) mass is 1440 g/mol. The van der Waals surface area contributed by atoms with Gasteiger partial charge >= 0.3 is 6.18 Å². The molecule has 6 fully saturated rings. The number of likely N-dealkylation sites (N-methyl/N-ethyl adjacent to an activating group) is 6. The van der Waals surface area contributed by atoms with Gasteiger partial charge in [-0.2, -0.15) is 13.2 Å². The Hall–Kier alpha value is -6.33. The molecule has 3 unspecified atom stereocenters. The van der Waals surface area contributed by atoms with Gasteiger partial charge in [-0.1, -0.05) is 60.8 Å². The smallest absolute Gasteiger partial charge is 0.343 e. The first-order chi connectivity index (χ1) is 46.2. The van der Waals surface area contributed by atoms with Crippen molar-refractivity contribution in [3.63, 3.8) is 0 Å². The summed E-state index contributed by atoms with van der Waals surface area (Å²) in [6, 6.07) is -11.8. The quantitative estimate of drug-likeness (QED) is 0.236. The van der Waals surface area contributed by atoms with Crippen LogP contribution in [0.2, 0.25) is 0 Å². The molecule has 26 nitrogen and oxygen atoms in total. The number of carbonyl (C=O) groups excluding carboxylic acids is 12. The average molecular weight is 1440 g/mol. The molecule has 0 aromatic heterocycles. The van der Waals surface area contributed by atoms with Crippen LogP contribution in [0.25, 0.3) is 0 Å². The van der Waals surface area contributed by atoms with Crippen LogP contribution in [-0.4, -0.2) is 282 Å². The van der Waals surface area contributed by atoms with Gasteiger partial charge in [-0.15, -0.1) is 11.6 Å². The van der Waals surface area contributed by atoms with Crippen molar-refractivity contribution in [2.24, 2.45) is 29.6 Å². The Bertz CT molecular complexity index is 3080. The number of hydrogen-bond donors (Lipinski definition) is 3. The van der Waals surface area contributed by atoms with E-state index in [1.54, 1.807) is 32.6 Å². The van der Waals surface area contributed by atoms with Crippen molar-refractivity contribution in [3.05, 3.63) is 0 Å². The van der Waals surface area contributed by atoms with Crippen molar-refractivity contribution in [3.8, 4) is 0 Å². The molecule has 3 N–H and O–H groups in total. The number of alkyl halides is 4. The third kappa shape index (κ3) is 19.9. The van der Waals surface area contributed by atoms with E-state index < -0.39 is 201 Å². The average Bonchev–Trinajstić information content (AvgIpc) is 1.18. The van der Waals surface area contributed by atoms with Crippen molar-refractivity contribution in [1.82, 2.24) is 60.0 Å². The molecule has 4 aliphatic heterocycles. The van der Waals surface area contributed by atoms with Crippen molar-refractivity contribution in [1.29, 1.82) is 0 Å². The molecule has 0 radical (unpaired) electrons. The van der Waals surface area contributed by atoms with Crippen LogP contribution in [0.5, 0.6) is 0 Å². The number of piperidine rings is 1. The molecule has 31 heteroatoms. The van der Waals surface area contributed by atoms with Crippen LogP contribution in [0.3, 0.4) is 0 Å². The zero-order chi connectivity index (χ0) is 74.1. The minimum Gasteiger partial charge on any atom is -0.343 e. The van der Waals surface area contributed by atoms with E-state index in [0.717, 1.165) is 27.4 Å². The first-order valence-electron chi connectivity index (χ1n) is 35.5. The minimum atomic E-state index is -4.54. The number of sulfone groups is 1. The molecule has 560 valence electrons. The Morgan fingerprint density at radius 3 is 1.83 bits per heavy atom. The van der Waals surface area contributed by atoms with Gasteiger partial charge in [0.2, 0.25) is 70.9 Å². The van der Waals surface area contributed by atoms with E-state index in [-0.39, 0.29) is 83.2 Å². The van der Waals surface area contributed by atoms with Gasteiger partial charge < -0.3 is 60.0 Å². The molecule has 6 rings (SSSR count). The van der Waals surface area contributed by atoms with Crippen LogP contribution in [0.1, 0.15) is 170 Å². The van der Waals surface area contributed by atoms with Gasteiger partial charge in [-0.3, -0.25) is 57.5 Å². The molecule has 6 aliphatic rings.